The lowest BCUT2D eigenvalue weighted by atomic mass is 10.4. The first kappa shape index (κ1) is 2.44. The van der Waals surface area contributed by atoms with Crippen LogP contribution >= 0.6 is 0 Å². The summed E-state index contributed by atoms with van der Waals surface area (Å²) in [6.45, 7) is 0. The van der Waals surface area contributed by atoms with Gasteiger partial charge in [0.15, 0.2) is 0 Å². The molecule has 1 aliphatic heterocycles. The Labute approximate surface area is 28.0 Å². The van der Waals surface area contributed by atoms with Crippen LogP contribution in [0.5, 0.6) is 0 Å². The molecule has 0 spiro atoms. The van der Waals surface area contributed by atoms with Gasteiger partial charge < -0.3 is 10.4 Å². The SMILES string of the molecule is [B]1NN[SiH2]1. The molecule has 4 heteroatoms. The van der Waals surface area contributed by atoms with E-state index in [1.807, 2.05) is 0 Å². The summed E-state index contributed by atoms with van der Waals surface area (Å²) in [6.07, 6.45) is 0. The summed E-state index contributed by atoms with van der Waals surface area (Å²) >= 11 is 0. The van der Waals surface area contributed by atoms with Crippen LogP contribution in [0, 0.1) is 0 Å². The van der Waals surface area contributed by atoms with E-state index in [9.17, 15) is 0 Å². The van der Waals surface area contributed by atoms with Gasteiger partial charge in [0, 0.05) is 0 Å². The Kier molecular flexibility index (Phi) is 0.536. The van der Waals surface area contributed by atoms with Gasteiger partial charge in [-0.2, -0.15) is 0 Å². The molecule has 1 rings (SSSR count). The zero-order valence-electron chi connectivity index (χ0n) is 2.28. The van der Waals surface area contributed by atoms with Crippen molar-refractivity contribution < 1.29 is 0 Å². The molecule has 0 aromatic carbocycles. The second-order valence-corrected chi connectivity index (χ2v) is 1.90. The largest absolute Gasteiger partial charge is 0.313 e. The third kappa shape index (κ3) is 0.180. The van der Waals surface area contributed by atoms with Crippen molar-refractivity contribution in [2.24, 2.45) is 0 Å². The Bertz CT molecular complexity index is 14.0. The highest BCUT2D eigenvalue weighted by atomic mass is 28.2. The monoisotopic (exact) mass is 71.0 g/mol. The number of hydrogen-bond acceptors (Lipinski definition) is 2. The van der Waals surface area contributed by atoms with Crippen LogP contribution in [0.1, 0.15) is 0 Å². The summed E-state index contributed by atoms with van der Waals surface area (Å²) in [5.74, 6) is 0. The van der Waals surface area contributed by atoms with Crippen LogP contribution in [0.25, 0.3) is 0 Å². The fourth-order valence-electron chi connectivity index (χ4n) is 0.102. The van der Waals surface area contributed by atoms with Crippen molar-refractivity contribution in [3.8, 4) is 0 Å². The molecule has 0 unspecified atom stereocenters. The molecule has 0 aliphatic carbocycles. The molecular weight excluding hydrogens is 66.9 g/mol. The lowest BCUT2D eigenvalue weighted by molar-refractivity contribution is 0.913. The van der Waals surface area contributed by atoms with Crippen molar-refractivity contribution in [1.29, 1.82) is 0 Å². The van der Waals surface area contributed by atoms with Gasteiger partial charge in [0.05, 0.1) is 9.55 Å². The van der Waals surface area contributed by atoms with Gasteiger partial charge in [0.2, 0.25) is 7.01 Å². The molecule has 1 aliphatic rings. The van der Waals surface area contributed by atoms with E-state index in [1.54, 1.807) is 0 Å². The second kappa shape index (κ2) is 0.879. The fraction of sp³-hybridized carbons (Fsp3) is 0. The van der Waals surface area contributed by atoms with Gasteiger partial charge in [0.1, 0.15) is 0 Å². The van der Waals surface area contributed by atoms with Crippen LogP contribution < -0.4 is 10.4 Å². The zero-order chi connectivity index (χ0) is 2.83. The summed E-state index contributed by atoms with van der Waals surface area (Å²) in [4.78, 5) is 0. The van der Waals surface area contributed by atoms with Crippen LogP contribution in [0.2, 0.25) is 0 Å². The average Bonchev–Trinajstić information content (AvgIpc) is 0.722. The van der Waals surface area contributed by atoms with E-state index >= 15 is 0 Å². The molecular formula is H4BN2Si. The van der Waals surface area contributed by atoms with Gasteiger partial charge in [-0.15, -0.1) is 0 Å². The molecule has 1 radical (unpaired) electrons. The van der Waals surface area contributed by atoms with Gasteiger partial charge in [-0.3, -0.25) is 0 Å². The highest BCUT2D eigenvalue weighted by Crippen LogP contribution is 1.47. The Morgan fingerprint density at radius 3 is 2.00 bits per heavy atom. The average molecular weight is 70.9 g/mol. The molecule has 1 fully saturated rings. The molecule has 0 saturated carbocycles. The standard InChI is InChI=1S/BH4N2Si/c1-2-3-4-1/h2-3H,4H2. The van der Waals surface area contributed by atoms with Crippen LogP contribution in [0.4, 0.5) is 0 Å². The van der Waals surface area contributed by atoms with E-state index in [0.29, 0.717) is 0 Å². The minimum Gasteiger partial charge on any atom is -0.313 e. The third-order valence-corrected chi connectivity index (χ3v) is 1.22. The minimum absolute atomic E-state index is 0.119. The molecule has 21 valence electrons. The normalized spacial score (nSPS) is 28.0. The van der Waals surface area contributed by atoms with Gasteiger partial charge in [0.25, 0.3) is 0 Å². The summed E-state index contributed by atoms with van der Waals surface area (Å²) in [5, 5.41) is 5.74. The van der Waals surface area contributed by atoms with Crippen LogP contribution in [0.15, 0.2) is 0 Å². The fourth-order valence-corrected chi connectivity index (χ4v) is 0.306. The van der Waals surface area contributed by atoms with Crippen molar-refractivity contribution >= 4 is 16.6 Å². The topological polar surface area (TPSA) is 24.1 Å². The summed E-state index contributed by atoms with van der Waals surface area (Å²) in [5.41, 5.74) is 0. The number of hydrazine groups is 1. The first-order valence-electron chi connectivity index (χ1n) is 1.30. The van der Waals surface area contributed by atoms with E-state index in [-0.39, 0.29) is 9.55 Å². The second-order valence-electron chi connectivity index (χ2n) is 0.729. The molecule has 0 aromatic heterocycles. The molecule has 1 saturated heterocycles. The van der Waals surface area contributed by atoms with Crippen molar-refractivity contribution in [3.05, 3.63) is 0 Å². The van der Waals surface area contributed by atoms with Gasteiger partial charge >= 0.3 is 0 Å². The third-order valence-electron chi connectivity index (χ3n) is 0.408. The Balaban J connectivity index is 2.00. The minimum atomic E-state index is 0.119. The Morgan fingerprint density at radius 2 is 2.00 bits per heavy atom. The maximum Gasteiger partial charge on any atom is 0.226 e. The number of hydrogen-bond donors (Lipinski definition) is 2. The predicted molar refractivity (Wildman–Crippen MR) is 20.6 cm³/mol. The van der Waals surface area contributed by atoms with Gasteiger partial charge in [-0.1, -0.05) is 0 Å². The molecule has 0 bridgehead atoms. The summed E-state index contributed by atoms with van der Waals surface area (Å²) < 4.78 is 0. The first-order chi connectivity index (χ1) is 2.00. The molecule has 1 heterocycles. The Morgan fingerprint density at radius 1 is 1.75 bits per heavy atom. The van der Waals surface area contributed by atoms with Crippen molar-refractivity contribution in [3.63, 3.8) is 0 Å². The van der Waals surface area contributed by atoms with E-state index in [4.69, 9.17) is 0 Å². The van der Waals surface area contributed by atoms with E-state index in [1.165, 1.54) is 0 Å². The van der Waals surface area contributed by atoms with E-state index in [2.05, 4.69) is 17.4 Å². The zero-order valence-corrected chi connectivity index (χ0v) is 3.70. The van der Waals surface area contributed by atoms with Gasteiger partial charge in [-0.25, -0.2) is 0 Å². The molecule has 4 heavy (non-hydrogen) atoms. The van der Waals surface area contributed by atoms with Crippen LogP contribution in [-0.4, -0.2) is 16.6 Å². The highest BCUT2D eigenvalue weighted by molar-refractivity contribution is 7.01. The van der Waals surface area contributed by atoms with Crippen molar-refractivity contribution in [2.45, 2.75) is 0 Å². The summed E-state index contributed by atoms with van der Waals surface area (Å²) in [7, 11) is 2.20. The van der Waals surface area contributed by atoms with Crippen molar-refractivity contribution in [1.82, 2.24) is 10.4 Å². The molecule has 2 N–H and O–H groups in total. The number of rotatable bonds is 0. The van der Waals surface area contributed by atoms with Gasteiger partial charge in [-0.05, 0) is 0 Å². The maximum atomic E-state index is 2.94. The van der Waals surface area contributed by atoms with Crippen molar-refractivity contribution in [2.75, 3.05) is 0 Å². The lowest BCUT2D eigenvalue weighted by Crippen LogP contribution is -2.56. The first-order valence-corrected chi connectivity index (χ1v) is 2.82. The molecule has 0 aromatic rings. The lowest BCUT2D eigenvalue weighted by Gasteiger charge is -2.10. The van der Waals surface area contributed by atoms with E-state index < -0.39 is 0 Å². The van der Waals surface area contributed by atoms with Crippen LogP contribution in [-0.2, 0) is 0 Å². The van der Waals surface area contributed by atoms with E-state index in [0.717, 1.165) is 0 Å². The maximum absolute atomic E-state index is 2.94. The number of nitrogens with one attached hydrogen (secondary N) is 2. The molecule has 2 nitrogen and oxygen atoms in total. The smallest absolute Gasteiger partial charge is 0.226 e. The molecule has 0 amide bonds. The Hall–Kier alpha value is 0.202. The quantitative estimate of drug-likeness (QED) is 0.314. The predicted octanol–water partition coefficient (Wildman–Crippen LogP) is -2.29. The summed E-state index contributed by atoms with van der Waals surface area (Å²) in [6, 6.07) is 0. The molecule has 0 atom stereocenters. The highest BCUT2D eigenvalue weighted by Gasteiger charge is 1.95. The van der Waals surface area contributed by atoms with Crippen LogP contribution in [0.3, 0.4) is 0 Å².